The number of carbonyl (C=O) groups excluding carboxylic acids is 2. The van der Waals surface area contributed by atoms with E-state index >= 15 is 0 Å². The molecule has 2 rings (SSSR count). The first-order valence-corrected chi connectivity index (χ1v) is 7.40. The second-order valence-corrected chi connectivity index (χ2v) is 5.24. The zero-order valence-corrected chi connectivity index (χ0v) is 13.4. The van der Waals surface area contributed by atoms with E-state index in [9.17, 15) is 9.59 Å². The third-order valence-corrected chi connectivity index (χ3v) is 3.45. The van der Waals surface area contributed by atoms with Crippen LogP contribution in [0.2, 0.25) is 5.02 Å². The smallest absolute Gasteiger partial charge is 0.243 e. The van der Waals surface area contributed by atoms with Gasteiger partial charge < -0.3 is 15.4 Å². The molecule has 0 saturated heterocycles. The van der Waals surface area contributed by atoms with E-state index in [1.807, 2.05) is 12.1 Å². The second kappa shape index (κ2) is 8.19. The molecule has 2 amide bonds. The van der Waals surface area contributed by atoms with Crippen LogP contribution >= 0.6 is 11.6 Å². The number of ether oxygens (including phenoxy) is 1. The zero-order chi connectivity index (χ0) is 16.7. The summed E-state index contributed by atoms with van der Waals surface area (Å²) < 4.78 is 5.06. The number of nitrogens with one attached hydrogen (secondary N) is 2. The largest absolute Gasteiger partial charge is 0.497 e. The van der Waals surface area contributed by atoms with Gasteiger partial charge in [0.05, 0.1) is 30.8 Å². The fraction of sp³-hybridized carbons (Fsp3) is 0.176. The Morgan fingerprint density at radius 1 is 1.04 bits per heavy atom. The van der Waals surface area contributed by atoms with Gasteiger partial charge in [-0.3, -0.25) is 9.59 Å². The van der Waals surface area contributed by atoms with Gasteiger partial charge in [0.25, 0.3) is 0 Å². The number of hydrogen-bond donors (Lipinski definition) is 2. The average Bonchev–Trinajstić information content (AvgIpc) is 2.56. The van der Waals surface area contributed by atoms with Crippen molar-refractivity contribution < 1.29 is 14.3 Å². The van der Waals surface area contributed by atoms with Gasteiger partial charge in [0.2, 0.25) is 11.8 Å². The van der Waals surface area contributed by atoms with E-state index < -0.39 is 0 Å². The number of halogens is 1. The van der Waals surface area contributed by atoms with Gasteiger partial charge in [-0.05, 0) is 29.8 Å². The number of benzene rings is 2. The molecule has 2 aromatic rings. The maximum absolute atomic E-state index is 11.8. The van der Waals surface area contributed by atoms with E-state index in [0.717, 1.165) is 11.3 Å². The van der Waals surface area contributed by atoms with Gasteiger partial charge in [-0.2, -0.15) is 0 Å². The van der Waals surface area contributed by atoms with E-state index in [1.54, 1.807) is 43.5 Å². The Morgan fingerprint density at radius 3 is 2.39 bits per heavy atom. The number of hydrogen-bond acceptors (Lipinski definition) is 3. The standard InChI is InChI=1S/C17H17ClN2O3/c1-23-13-8-6-12(7-9-13)10-16(21)19-11-17(22)20-15-5-3-2-4-14(15)18/h2-9H,10-11H2,1H3,(H,19,21)(H,20,22). The van der Waals surface area contributed by atoms with Crippen LogP contribution in [0.1, 0.15) is 5.56 Å². The van der Waals surface area contributed by atoms with Crippen molar-refractivity contribution in [3.05, 3.63) is 59.1 Å². The highest BCUT2D eigenvalue weighted by molar-refractivity contribution is 6.33. The van der Waals surface area contributed by atoms with Gasteiger partial charge in [-0.15, -0.1) is 0 Å². The van der Waals surface area contributed by atoms with Crippen molar-refractivity contribution in [1.82, 2.24) is 5.32 Å². The van der Waals surface area contributed by atoms with Gasteiger partial charge in [0.1, 0.15) is 5.75 Å². The summed E-state index contributed by atoms with van der Waals surface area (Å²) in [5.41, 5.74) is 1.36. The third-order valence-electron chi connectivity index (χ3n) is 3.12. The molecule has 0 bridgehead atoms. The highest BCUT2D eigenvalue weighted by Gasteiger charge is 2.08. The summed E-state index contributed by atoms with van der Waals surface area (Å²) in [6, 6.07) is 14.1. The SMILES string of the molecule is COc1ccc(CC(=O)NCC(=O)Nc2ccccc2Cl)cc1. The van der Waals surface area contributed by atoms with E-state index in [1.165, 1.54) is 0 Å². The van der Waals surface area contributed by atoms with Crippen molar-refractivity contribution in [3.63, 3.8) is 0 Å². The van der Waals surface area contributed by atoms with Crippen molar-refractivity contribution in [2.75, 3.05) is 19.0 Å². The van der Waals surface area contributed by atoms with E-state index in [-0.39, 0.29) is 24.8 Å². The van der Waals surface area contributed by atoms with Crippen LogP contribution in [0, 0.1) is 0 Å². The summed E-state index contributed by atoms with van der Waals surface area (Å²) in [6.07, 6.45) is 0.198. The number of methoxy groups -OCH3 is 1. The molecule has 5 nitrogen and oxygen atoms in total. The molecule has 0 aliphatic rings. The molecular formula is C17H17ClN2O3. The molecule has 23 heavy (non-hydrogen) atoms. The fourth-order valence-corrected chi connectivity index (χ4v) is 2.11. The molecule has 0 spiro atoms. The van der Waals surface area contributed by atoms with E-state index in [0.29, 0.717) is 10.7 Å². The first-order valence-electron chi connectivity index (χ1n) is 7.02. The van der Waals surface area contributed by atoms with Crippen molar-refractivity contribution in [1.29, 1.82) is 0 Å². The molecule has 6 heteroatoms. The average molecular weight is 333 g/mol. The summed E-state index contributed by atoms with van der Waals surface area (Å²) in [4.78, 5) is 23.6. The Morgan fingerprint density at radius 2 is 1.74 bits per heavy atom. The van der Waals surface area contributed by atoms with Crippen LogP contribution in [-0.4, -0.2) is 25.5 Å². The number of anilines is 1. The Labute approximate surface area is 139 Å². The molecule has 0 aliphatic heterocycles. The lowest BCUT2D eigenvalue weighted by atomic mass is 10.1. The fourth-order valence-electron chi connectivity index (χ4n) is 1.93. The molecule has 0 heterocycles. The normalized spacial score (nSPS) is 10.0. The predicted octanol–water partition coefficient (Wildman–Crippen LogP) is 2.65. The van der Waals surface area contributed by atoms with Crippen LogP contribution in [0.15, 0.2) is 48.5 Å². The zero-order valence-electron chi connectivity index (χ0n) is 12.6. The molecule has 2 aromatic carbocycles. The molecule has 0 atom stereocenters. The molecule has 0 radical (unpaired) electrons. The van der Waals surface area contributed by atoms with Gasteiger partial charge >= 0.3 is 0 Å². The first kappa shape index (κ1) is 16.8. The molecule has 0 saturated carbocycles. The number of amides is 2. The lowest BCUT2D eigenvalue weighted by Gasteiger charge is -2.08. The van der Waals surface area contributed by atoms with Crippen molar-refractivity contribution in [2.45, 2.75) is 6.42 Å². The summed E-state index contributed by atoms with van der Waals surface area (Å²) >= 11 is 5.95. The highest BCUT2D eigenvalue weighted by atomic mass is 35.5. The summed E-state index contributed by atoms with van der Waals surface area (Å²) in [6.45, 7) is -0.111. The number of carbonyl (C=O) groups is 2. The van der Waals surface area contributed by atoms with Crippen molar-refractivity contribution in [3.8, 4) is 5.75 Å². The van der Waals surface area contributed by atoms with E-state index in [2.05, 4.69) is 10.6 Å². The number of para-hydroxylation sites is 1. The Kier molecular flexibility index (Phi) is 6.00. The Hall–Kier alpha value is -2.53. The Bertz CT molecular complexity index is 686. The van der Waals surface area contributed by atoms with Gasteiger partial charge in [-0.25, -0.2) is 0 Å². The van der Waals surface area contributed by atoms with Crippen LogP contribution in [0.3, 0.4) is 0 Å². The molecule has 0 aliphatic carbocycles. The van der Waals surface area contributed by atoms with Gasteiger partial charge in [0.15, 0.2) is 0 Å². The molecular weight excluding hydrogens is 316 g/mol. The van der Waals surface area contributed by atoms with Crippen LogP contribution in [0.25, 0.3) is 0 Å². The molecule has 0 fully saturated rings. The molecule has 0 unspecified atom stereocenters. The van der Waals surface area contributed by atoms with Crippen LogP contribution in [0.4, 0.5) is 5.69 Å². The predicted molar refractivity (Wildman–Crippen MR) is 89.8 cm³/mol. The van der Waals surface area contributed by atoms with Crippen LogP contribution in [-0.2, 0) is 16.0 Å². The third kappa shape index (κ3) is 5.30. The molecule has 2 N–H and O–H groups in total. The molecule has 0 aromatic heterocycles. The summed E-state index contributed by atoms with van der Waals surface area (Å²) in [5.74, 6) is 0.166. The minimum atomic E-state index is -0.332. The summed E-state index contributed by atoms with van der Waals surface area (Å²) in [7, 11) is 1.58. The monoisotopic (exact) mass is 332 g/mol. The minimum absolute atomic E-state index is 0.111. The Balaban J connectivity index is 1.79. The minimum Gasteiger partial charge on any atom is -0.497 e. The molecule has 120 valence electrons. The maximum atomic E-state index is 11.8. The topological polar surface area (TPSA) is 67.4 Å². The van der Waals surface area contributed by atoms with Gasteiger partial charge in [-0.1, -0.05) is 35.9 Å². The van der Waals surface area contributed by atoms with Crippen LogP contribution < -0.4 is 15.4 Å². The lowest BCUT2D eigenvalue weighted by molar-refractivity contribution is -0.123. The highest BCUT2D eigenvalue weighted by Crippen LogP contribution is 2.20. The quantitative estimate of drug-likeness (QED) is 0.854. The van der Waals surface area contributed by atoms with Crippen LogP contribution in [0.5, 0.6) is 5.75 Å². The summed E-state index contributed by atoms with van der Waals surface area (Å²) in [5, 5.41) is 5.67. The van der Waals surface area contributed by atoms with Crippen molar-refractivity contribution >= 4 is 29.1 Å². The number of rotatable bonds is 6. The van der Waals surface area contributed by atoms with Gasteiger partial charge in [0, 0.05) is 0 Å². The first-order chi connectivity index (χ1) is 11.1. The van der Waals surface area contributed by atoms with E-state index in [4.69, 9.17) is 16.3 Å². The maximum Gasteiger partial charge on any atom is 0.243 e. The van der Waals surface area contributed by atoms with Crippen molar-refractivity contribution in [2.24, 2.45) is 0 Å². The second-order valence-electron chi connectivity index (χ2n) is 4.83. The lowest BCUT2D eigenvalue weighted by Crippen LogP contribution is -2.33.